The van der Waals surface area contributed by atoms with Crippen LogP contribution in [-0.2, 0) is 6.54 Å². The molecule has 0 spiro atoms. The molecule has 5 heterocycles. The first-order chi connectivity index (χ1) is 19.4. The molecule has 0 unspecified atom stereocenters. The number of ether oxygens (including phenoxy) is 1. The van der Waals surface area contributed by atoms with Crippen molar-refractivity contribution in [3.05, 3.63) is 78.2 Å². The van der Waals surface area contributed by atoms with Crippen LogP contribution < -0.4 is 15.0 Å². The van der Waals surface area contributed by atoms with E-state index in [2.05, 4.69) is 62.3 Å². The lowest BCUT2D eigenvalue weighted by Crippen LogP contribution is -2.59. The minimum Gasteiger partial charge on any atom is -0.481 e. The first-order valence-electron chi connectivity index (χ1n) is 13.4. The van der Waals surface area contributed by atoms with Crippen molar-refractivity contribution < 1.29 is 4.74 Å². The Bertz CT molecular complexity index is 1610. The largest absolute Gasteiger partial charge is 0.481 e. The van der Waals surface area contributed by atoms with Crippen LogP contribution in [0.5, 0.6) is 5.88 Å². The highest BCUT2D eigenvalue weighted by Crippen LogP contribution is 2.29. The second-order valence-corrected chi connectivity index (χ2v) is 10.7. The van der Waals surface area contributed by atoms with Crippen molar-refractivity contribution in [3.8, 4) is 17.3 Å². The number of nitrogens with one attached hydrogen (secondary N) is 2. The Morgan fingerprint density at radius 2 is 1.88 bits per heavy atom. The SMILES string of the molecule is COc1ccc(CN2CCN(c3ccc(-c4nc(Nc5cc(C)[nH]n5)c5ccccc5n4)cn3)CC2(C)C)cn1. The molecule has 1 saturated heterocycles. The molecule has 0 bridgehead atoms. The van der Waals surface area contributed by atoms with E-state index in [1.165, 1.54) is 5.56 Å². The van der Waals surface area contributed by atoms with E-state index in [0.717, 1.165) is 54.2 Å². The van der Waals surface area contributed by atoms with Crippen LogP contribution in [0, 0.1) is 6.92 Å². The number of fused-ring (bicyclic) bond motifs is 1. The number of H-pyrrole nitrogens is 1. The maximum absolute atomic E-state index is 5.20. The van der Waals surface area contributed by atoms with E-state index in [4.69, 9.17) is 19.7 Å². The molecule has 0 radical (unpaired) electrons. The molecule has 4 aromatic heterocycles. The minimum atomic E-state index is -0.0365. The van der Waals surface area contributed by atoms with Crippen LogP contribution in [0.25, 0.3) is 22.3 Å². The molecule has 204 valence electrons. The second-order valence-electron chi connectivity index (χ2n) is 10.7. The van der Waals surface area contributed by atoms with E-state index >= 15 is 0 Å². The van der Waals surface area contributed by atoms with Crippen molar-refractivity contribution in [1.29, 1.82) is 0 Å². The lowest BCUT2D eigenvalue weighted by Gasteiger charge is -2.47. The zero-order chi connectivity index (χ0) is 27.7. The van der Waals surface area contributed by atoms with Gasteiger partial charge in [0.25, 0.3) is 0 Å². The standard InChI is InChI=1S/C30H33N9O/c1-20-15-25(37-36-20)34-29-23-7-5-6-8-24(23)33-28(35-29)22-10-11-26(31-17-22)38-13-14-39(30(2,3)19-38)18-21-9-12-27(40-4)32-16-21/h5-12,15-17H,13-14,18-19H2,1-4H3,(H2,33,34,35,36,37). The molecule has 1 aliphatic heterocycles. The summed E-state index contributed by atoms with van der Waals surface area (Å²) >= 11 is 0. The van der Waals surface area contributed by atoms with E-state index in [0.29, 0.717) is 23.3 Å². The molecule has 1 fully saturated rings. The lowest BCUT2D eigenvalue weighted by atomic mass is 9.98. The number of nitrogens with zero attached hydrogens (tertiary/aromatic N) is 7. The van der Waals surface area contributed by atoms with Gasteiger partial charge in [0.05, 0.1) is 12.6 Å². The molecule has 0 atom stereocenters. The van der Waals surface area contributed by atoms with Crippen LogP contribution in [0.15, 0.2) is 67.0 Å². The van der Waals surface area contributed by atoms with Crippen LogP contribution in [0.4, 0.5) is 17.5 Å². The number of para-hydroxylation sites is 1. The number of hydrogen-bond donors (Lipinski definition) is 2. The molecule has 10 nitrogen and oxygen atoms in total. The monoisotopic (exact) mass is 535 g/mol. The second kappa shape index (κ2) is 10.5. The van der Waals surface area contributed by atoms with Gasteiger partial charge < -0.3 is 15.0 Å². The number of aromatic nitrogens is 6. The number of anilines is 3. The highest BCUT2D eigenvalue weighted by atomic mass is 16.5. The zero-order valence-electron chi connectivity index (χ0n) is 23.2. The van der Waals surface area contributed by atoms with E-state index in [1.54, 1.807) is 7.11 Å². The van der Waals surface area contributed by atoms with Crippen LogP contribution >= 0.6 is 0 Å². The number of hydrogen-bond acceptors (Lipinski definition) is 9. The quantitative estimate of drug-likeness (QED) is 0.299. The average Bonchev–Trinajstić information content (AvgIpc) is 3.38. The van der Waals surface area contributed by atoms with Gasteiger partial charge in [-0.3, -0.25) is 10.00 Å². The zero-order valence-corrected chi connectivity index (χ0v) is 23.2. The molecule has 40 heavy (non-hydrogen) atoms. The van der Waals surface area contributed by atoms with Crippen molar-refractivity contribution >= 4 is 28.4 Å². The summed E-state index contributed by atoms with van der Waals surface area (Å²) in [6, 6.07) is 18.0. The van der Waals surface area contributed by atoms with Crippen LogP contribution in [0.2, 0.25) is 0 Å². The molecule has 6 rings (SSSR count). The summed E-state index contributed by atoms with van der Waals surface area (Å²) in [5.41, 5.74) is 3.83. The van der Waals surface area contributed by atoms with Crippen molar-refractivity contribution in [2.45, 2.75) is 32.9 Å². The van der Waals surface area contributed by atoms with E-state index < -0.39 is 0 Å². The van der Waals surface area contributed by atoms with Gasteiger partial charge in [-0.1, -0.05) is 18.2 Å². The number of rotatable bonds is 7. The van der Waals surface area contributed by atoms with Crippen LogP contribution in [-0.4, -0.2) is 67.3 Å². The maximum atomic E-state index is 5.20. The van der Waals surface area contributed by atoms with Crippen LogP contribution in [0.3, 0.4) is 0 Å². The van der Waals surface area contributed by atoms with Gasteiger partial charge in [-0.05, 0) is 50.6 Å². The number of aryl methyl sites for hydroxylation is 1. The number of pyridine rings is 2. The Labute approximate surface area is 233 Å². The van der Waals surface area contributed by atoms with Crippen molar-refractivity contribution in [2.75, 3.05) is 37.0 Å². The molecular formula is C30H33N9O. The van der Waals surface area contributed by atoms with Gasteiger partial charge in [-0.15, -0.1) is 0 Å². The topological polar surface area (TPSA) is 108 Å². The highest BCUT2D eigenvalue weighted by molar-refractivity contribution is 5.91. The Balaban J connectivity index is 1.19. The number of piperazine rings is 1. The van der Waals surface area contributed by atoms with E-state index in [-0.39, 0.29) is 5.54 Å². The number of benzene rings is 1. The first kappa shape index (κ1) is 25.7. The Kier molecular flexibility index (Phi) is 6.77. The third-order valence-corrected chi connectivity index (χ3v) is 7.34. The molecular weight excluding hydrogens is 502 g/mol. The predicted molar refractivity (Wildman–Crippen MR) is 157 cm³/mol. The average molecular weight is 536 g/mol. The van der Waals surface area contributed by atoms with Crippen molar-refractivity contribution in [1.82, 2.24) is 35.0 Å². The first-order valence-corrected chi connectivity index (χ1v) is 13.4. The minimum absolute atomic E-state index is 0.0365. The molecule has 1 aromatic carbocycles. The molecule has 0 aliphatic carbocycles. The molecule has 10 heteroatoms. The number of methoxy groups -OCH3 is 1. The summed E-state index contributed by atoms with van der Waals surface area (Å²) in [7, 11) is 1.64. The Hall–Kier alpha value is -4.57. The van der Waals surface area contributed by atoms with E-state index in [1.807, 2.05) is 55.7 Å². The van der Waals surface area contributed by atoms with Crippen molar-refractivity contribution in [2.24, 2.45) is 0 Å². The fraction of sp³-hybridized carbons (Fsp3) is 0.300. The summed E-state index contributed by atoms with van der Waals surface area (Å²) in [5.74, 6) is 3.63. The van der Waals surface area contributed by atoms with Crippen molar-refractivity contribution in [3.63, 3.8) is 0 Å². The van der Waals surface area contributed by atoms with Gasteiger partial charge >= 0.3 is 0 Å². The Morgan fingerprint density at radius 1 is 1.00 bits per heavy atom. The maximum Gasteiger partial charge on any atom is 0.212 e. The summed E-state index contributed by atoms with van der Waals surface area (Å²) in [6.07, 6.45) is 3.76. The predicted octanol–water partition coefficient (Wildman–Crippen LogP) is 4.97. The van der Waals surface area contributed by atoms with Gasteiger partial charge in [-0.25, -0.2) is 19.9 Å². The van der Waals surface area contributed by atoms with Gasteiger partial charge in [0.1, 0.15) is 11.6 Å². The van der Waals surface area contributed by atoms with Gasteiger partial charge in [0, 0.05) is 72.9 Å². The summed E-state index contributed by atoms with van der Waals surface area (Å²) in [4.78, 5) is 23.7. The fourth-order valence-electron chi connectivity index (χ4n) is 5.13. The van der Waals surface area contributed by atoms with E-state index in [9.17, 15) is 0 Å². The van der Waals surface area contributed by atoms with Crippen LogP contribution in [0.1, 0.15) is 25.1 Å². The normalized spacial score (nSPS) is 15.3. The van der Waals surface area contributed by atoms with Gasteiger partial charge in [0.2, 0.25) is 5.88 Å². The van der Waals surface area contributed by atoms with Gasteiger partial charge in [-0.2, -0.15) is 5.10 Å². The summed E-state index contributed by atoms with van der Waals surface area (Å²) < 4.78 is 5.20. The Morgan fingerprint density at radius 3 is 2.58 bits per heavy atom. The molecule has 5 aromatic rings. The summed E-state index contributed by atoms with van der Waals surface area (Å²) in [6.45, 7) is 10.1. The third kappa shape index (κ3) is 5.30. The fourth-order valence-corrected chi connectivity index (χ4v) is 5.13. The number of aromatic amines is 1. The lowest BCUT2D eigenvalue weighted by molar-refractivity contribution is 0.0958. The smallest absolute Gasteiger partial charge is 0.212 e. The van der Waals surface area contributed by atoms with Gasteiger partial charge in [0.15, 0.2) is 11.6 Å². The third-order valence-electron chi connectivity index (χ3n) is 7.34. The highest BCUT2D eigenvalue weighted by Gasteiger charge is 2.34. The summed E-state index contributed by atoms with van der Waals surface area (Å²) in [5, 5.41) is 11.5. The molecule has 2 N–H and O–H groups in total. The molecule has 1 aliphatic rings. The molecule has 0 amide bonds. The molecule has 0 saturated carbocycles.